The standard InChI is InChI=1S/C8H8F3NO/c1-4-6(3-13)12-2-5(7(4)9)8(10)11/h2,8,13H,3H2,1H3. The molecule has 0 bridgehead atoms. The van der Waals surface area contributed by atoms with E-state index in [2.05, 4.69) is 4.98 Å². The molecule has 0 saturated heterocycles. The molecule has 0 radical (unpaired) electrons. The van der Waals surface area contributed by atoms with Gasteiger partial charge in [0.05, 0.1) is 17.9 Å². The van der Waals surface area contributed by atoms with Crippen LogP contribution >= 0.6 is 0 Å². The Hall–Kier alpha value is -1.10. The maximum absolute atomic E-state index is 13.1. The summed E-state index contributed by atoms with van der Waals surface area (Å²) in [6, 6.07) is 0. The average molecular weight is 191 g/mol. The lowest BCUT2D eigenvalue weighted by molar-refractivity contribution is 0.145. The number of halogens is 3. The number of aliphatic hydroxyl groups excluding tert-OH is 1. The van der Waals surface area contributed by atoms with Crippen molar-refractivity contribution in [2.45, 2.75) is 20.0 Å². The largest absolute Gasteiger partial charge is 0.390 e. The zero-order chi connectivity index (χ0) is 10.0. The molecule has 1 rings (SSSR count). The Bertz CT molecular complexity index is 315. The number of hydrogen-bond donors (Lipinski definition) is 1. The van der Waals surface area contributed by atoms with Crippen LogP contribution in [-0.2, 0) is 6.61 Å². The van der Waals surface area contributed by atoms with E-state index in [1.54, 1.807) is 0 Å². The third-order valence-electron chi connectivity index (χ3n) is 1.76. The van der Waals surface area contributed by atoms with Gasteiger partial charge >= 0.3 is 0 Å². The summed E-state index contributed by atoms with van der Waals surface area (Å²) >= 11 is 0. The molecule has 1 N–H and O–H groups in total. The molecule has 0 aliphatic rings. The van der Waals surface area contributed by atoms with E-state index in [9.17, 15) is 13.2 Å². The van der Waals surface area contributed by atoms with E-state index >= 15 is 0 Å². The van der Waals surface area contributed by atoms with Crippen LogP contribution in [0.15, 0.2) is 6.20 Å². The molecule has 0 aliphatic carbocycles. The Morgan fingerprint density at radius 1 is 1.54 bits per heavy atom. The van der Waals surface area contributed by atoms with Crippen LogP contribution in [0.2, 0.25) is 0 Å². The van der Waals surface area contributed by atoms with E-state index in [1.165, 1.54) is 6.92 Å². The third-order valence-corrected chi connectivity index (χ3v) is 1.76. The van der Waals surface area contributed by atoms with E-state index in [-0.39, 0.29) is 11.3 Å². The minimum absolute atomic E-state index is 0.0275. The van der Waals surface area contributed by atoms with Crippen LogP contribution in [0.5, 0.6) is 0 Å². The van der Waals surface area contributed by atoms with Crippen LogP contribution < -0.4 is 0 Å². The zero-order valence-corrected chi connectivity index (χ0v) is 6.89. The molecule has 0 saturated carbocycles. The summed E-state index contributed by atoms with van der Waals surface area (Å²) < 4.78 is 37.3. The molecule has 5 heteroatoms. The molecule has 13 heavy (non-hydrogen) atoms. The molecule has 2 nitrogen and oxygen atoms in total. The first-order chi connectivity index (χ1) is 6.07. The van der Waals surface area contributed by atoms with E-state index in [1.807, 2.05) is 0 Å². The second-order valence-electron chi connectivity index (χ2n) is 2.56. The van der Waals surface area contributed by atoms with Crippen LogP contribution in [0.25, 0.3) is 0 Å². The van der Waals surface area contributed by atoms with E-state index in [4.69, 9.17) is 5.11 Å². The predicted molar refractivity (Wildman–Crippen MR) is 39.8 cm³/mol. The first-order valence-corrected chi connectivity index (χ1v) is 3.60. The van der Waals surface area contributed by atoms with Crippen LogP contribution in [0.4, 0.5) is 13.2 Å². The first kappa shape index (κ1) is 9.98. The molecule has 72 valence electrons. The van der Waals surface area contributed by atoms with Crippen LogP contribution in [-0.4, -0.2) is 10.1 Å². The summed E-state index contributed by atoms with van der Waals surface area (Å²) in [4.78, 5) is 3.51. The van der Waals surface area contributed by atoms with Gasteiger partial charge in [-0.2, -0.15) is 0 Å². The Morgan fingerprint density at radius 2 is 2.15 bits per heavy atom. The Morgan fingerprint density at radius 3 is 2.62 bits per heavy atom. The fraction of sp³-hybridized carbons (Fsp3) is 0.375. The van der Waals surface area contributed by atoms with E-state index < -0.39 is 24.4 Å². The predicted octanol–water partition coefficient (Wildman–Crippen LogP) is 1.96. The number of pyridine rings is 1. The van der Waals surface area contributed by atoms with Crippen molar-refractivity contribution in [1.82, 2.24) is 4.98 Å². The lowest BCUT2D eigenvalue weighted by Gasteiger charge is -2.06. The molecular formula is C8H8F3NO. The fourth-order valence-corrected chi connectivity index (χ4v) is 0.956. The SMILES string of the molecule is Cc1c(CO)ncc(C(F)F)c1F. The van der Waals surface area contributed by atoms with Gasteiger partial charge in [-0.25, -0.2) is 13.2 Å². The van der Waals surface area contributed by atoms with Gasteiger partial charge < -0.3 is 5.11 Å². The molecule has 1 aromatic heterocycles. The first-order valence-electron chi connectivity index (χ1n) is 3.60. The molecule has 1 heterocycles. The smallest absolute Gasteiger partial charge is 0.268 e. The Kier molecular flexibility index (Phi) is 2.87. The monoisotopic (exact) mass is 191 g/mol. The molecule has 0 spiro atoms. The number of aliphatic hydroxyl groups is 1. The minimum atomic E-state index is -2.88. The highest BCUT2D eigenvalue weighted by atomic mass is 19.3. The number of nitrogens with zero attached hydrogens (tertiary/aromatic N) is 1. The third kappa shape index (κ3) is 1.80. The Labute approximate surface area is 73.0 Å². The van der Waals surface area contributed by atoms with Gasteiger partial charge in [-0.05, 0) is 6.92 Å². The van der Waals surface area contributed by atoms with Gasteiger partial charge in [0.1, 0.15) is 5.82 Å². The zero-order valence-electron chi connectivity index (χ0n) is 6.89. The summed E-state index contributed by atoms with van der Waals surface area (Å²) in [5.41, 5.74) is -0.670. The summed E-state index contributed by atoms with van der Waals surface area (Å²) in [5.74, 6) is -0.992. The maximum atomic E-state index is 13.1. The lowest BCUT2D eigenvalue weighted by atomic mass is 10.1. The molecule has 0 amide bonds. The maximum Gasteiger partial charge on any atom is 0.268 e. The summed E-state index contributed by atoms with van der Waals surface area (Å²) in [6.45, 7) is 0.853. The van der Waals surface area contributed by atoms with Crippen LogP contribution in [0.1, 0.15) is 23.2 Å². The molecule has 0 unspecified atom stereocenters. The van der Waals surface area contributed by atoms with Crippen molar-refractivity contribution in [3.8, 4) is 0 Å². The Balaban J connectivity index is 3.23. The highest BCUT2D eigenvalue weighted by Crippen LogP contribution is 2.24. The van der Waals surface area contributed by atoms with Gasteiger partial charge in [0, 0.05) is 11.8 Å². The molecule has 0 fully saturated rings. The second kappa shape index (κ2) is 3.74. The minimum Gasteiger partial charge on any atom is -0.390 e. The lowest BCUT2D eigenvalue weighted by Crippen LogP contribution is -2.02. The van der Waals surface area contributed by atoms with Crippen LogP contribution in [0.3, 0.4) is 0 Å². The second-order valence-corrected chi connectivity index (χ2v) is 2.56. The van der Waals surface area contributed by atoms with Gasteiger partial charge in [-0.15, -0.1) is 0 Å². The average Bonchev–Trinajstić information content (AvgIpc) is 2.09. The quantitative estimate of drug-likeness (QED) is 0.775. The summed E-state index contributed by atoms with van der Waals surface area (Å²) in [6.07, 6.45) is -2.13. The van der Waals surface area contributed by atoms with Gasteiger partial charge in [-0.1, -0.05) is 0 Å². The normalized spacial score (nSPS) is 10.9. The van der Waals surface area contributed by atoms with Crippen molar-refractivity contribution >= 4 is 0 Å². The molecule has 0 aromatic carbocycles. The highest BCUT2D eigenvalue weighted by molar-refractivity contribution is 5.26. The summed E-state index contributed by atoms with van der Waals surface area (Å²) in [5, 5.41) is 8.66. The number of rotatable bonds is 2. The summed E-state index contributed by atoms with van der Waals surface area (Å²) in [7, 11) is 0. The highest BCUT2D eigenvalue weighted by Gasteiger charge is 2.17. The molecule has 0 atom stereocenters. The van der Waals surface area contributed by atoms with Crippen molar-refractivity contribution in [1.29, 1.82) is 0 Å². The van der Waals surface area contributed by atoms with Gasteiger partial charge in [0.15, 0.2) is 0 Å². The molecular weight excluding hydrogens is 183 g/mol. The van der Waals surface area contributed by atoms with Gasteiger partial charge in [0.25, 0.3) is 6.43 Å². The number of aromatic nitrogens is 1. The number of hydrogen-bond acceptors (Lipinski definition) is 2. The van der Waals surface area contributed by atoms with Crippen molar-refractivity contribution in [3.05, 3.63) is 28.8 Å². The van der Waals surface area contributed by atoms with Crippen molar-refractivity contribution < 1.29 is 18.3 Å². The van der Waals surface area contributed by atoms with Crippen molar-refractivity contribution in [2.24, 2.45) is 0 Å². The van der Waals surface area contributed by atoms with Crippen LogP contribution in [0, 0.1) is 12.7 Å². The van der Waals surface area contributed by atoms with Crippen molar-refractivity contribution in [3.63, 3.8) is 0 Å². The fourth-order valence-electron chi connectivity index (χ4n) is 0.956. The topological polar surface area (TPSA) is 33.1 Å². The van der Waals surface area contributed by atoms with Gasteiger partial charge in [-0.3, -0.25) is 4.98 Å². The van der Waals surface area contributed by atoms with E-state index in [0.29, 0.717) is 0 Å². The number of alkyl halides is 2. The van der Waals surface area contributed by atoms with Crippen molar-refractivity contribution in [2.75, 3.05) is 0 Å². The molecule has 0 aliphatic heterocycles. The van der Waals surface area contributed by atoms with E-state index in [0.717, 1.165) is 6.20 Å². The molecule has 1 aromatic rings. The van der Waals surface area contributed by atoms with Gasteiger partial charge in [0.2, 0.25) is 0 Å².